The lowest BCUT2D eigenvalue weighted by Crippen LogP contribution is -2.05. The number of hydrogen-bond donors (Lipinski definition) is 0. The molecular weight excluding hydrogens is 166 g/mol. The topological polar surface area (TPSA) is 31.2 Å². The zero-order chi connectivity index (χ0) is 9.42. The summed E-state index contributed by atoms with van der Waals surface area (Å²) in [7, 11) is 1.43. The van der Waals surface area contributed by atoms with Gasteiger partial charge in [-0.15, -0.1) is 0 Å². The van der Waals surface area contributed by atoms with Gasteiger partial charge in [-0.2, -0.15) is 0 Å². The van der Waals surface area contributed by atoms with Gasteiger partial charge < -0.3 is 9.30 Å². The summed E-state index contributed by atoms with van der Waals surface area (Å²) in [6.45, 7) is 2.99. The molecule has 1 aromatic heterocycles. The molecule has 0 spiro atoms. The highest BCUT2D eigenvalue weighted by molar-refractivity contribution is 5.92. The molecule has 0 fully saturated rings. The number of rotatable bonds is 1. The molecule has 0 N–H and O–H groups in total. The second-order valence-electron chi connectivity index (χ2n) is 3.42. The van der Waals surface area contributed by atoms with Crippen molar-refractivity contribution in [1.82, 2.24) is 4.57 Å². The van der Waals surface area contributed by atoms with Crippen LogP contribution in [0, 0.1) is 6.92 Å². The van der Waals surface area contributed by atoms with E-state index in [0.29, 0.717) is 0 Å². The maximum atomic E-state index is 11.4. The second-order valence-corrected chi connectivity index (χ2v) is 3.42. The summed E-state index contributed by atoms with van der Waals surface area (Å²) in [6, 6.07) is 0. The van der Waals surface area contributed by atoms with E-state index in [1.165, 1.54) is 7.11 Å². The Morgan fingerprint density at radius 2 is 2.38 bits per heavy atom. The van der Waals surface area contributed by atoms with Crippen LogP contribution >= 0.6 is 0 Å². The number of methoxy groups -OCH3 is 1. The largest absolute Gasteiger partial charge is 0.465 e. The number of hydrogen-bond acceptors (Lipinski definition) is 2. The first kappa shape index (κ1) is 8.35. The molecule has 1 aliphatic rings. The van der Waals surface area contributed by atoms with Crippen molar-refractivity contribution >= 4 is 5.97 Å². The van der Waals surface area contributed by atoms with Crippen molar-refractivity contribution in [3.63, 3.8) is 0 Å². The van der Waals surface area contributed by atoms with Crippen molar-refractivity contribution in [2.45, 2.75) is 26.3 Å². The normalized spacial score (nSPS) is 14.3. The molecule has 2 heterocycles. The predicted octanol–water partition coefficient (Wildman–Crippen LogP) is 1.53. The molecule has 2 rings (SSSR count). The van der Waals surface area contributed by atoms with Gasteiger partial charge in [-0.1, -0.05) is 0 Å². The molecule has 0 aliphatic carbocycles. The van der Waals surface area contributed by atoms with Crippen LogP contribution in [0.1, 0.15) is 28.0 Å². The van der Waals surface area contributed by atoms with E-state index in [2.05, 4.69) is 4.57 Å². The van der Waals surface area contributed by atoms with Gasteiger partial charge >= 0.3 is 5.97 Å². The molecule has 0 atom stereocenters. The molecule has 3 heteroatoms. The standard InChI is InChI=1S/C10H13NO2/c1-7-6-11-5-3-4-8(11)9(7)10(12)13-2/h6H,3-5H2,1-2H3. The molecule has 0 aromatic carbocycles. The number of ether oxygens (including phenoxy) is 1. The van der Waals surface area contributed by atoms with E-state index in [1.54, 1.807) is 0 Å². The summed E-state index contributed by atoms with van der Waals surface area (Å²) in [4.78, 5) is 11.4. The molecule has 13 heavy (non-hydrogen) atoms. The minimum absolute atomic E-state index is 0.201. The van der Waals surface area contributed by atoms with E-state index in [0.717, 1.165) is 36.2 Å². The monoisotopic (exact) mass is 179 g/mol. The Balaban J connectivity index is 2.50. The molecule has 70 valence electrons. The Hall–Kier alpha value is -1.25. The van der Waals surface area contributed by atoms with Crippen molar-refractivity contribution in [3.8, 4) is 0 Å². The Kier molecular flexibility index (Phi) is 1.87. The van der Waals surface area contributed by atoms with Gasteiger partial charge in [0.15, 0.2) is 0 Å². The third-order valence-electron chi connectivity index (χ3n) is 2.58. The zero-order valence-corrected chi connectivity index (χ0v) is 7.96. The summed E-state index contributed by atoms with van der Waals surface area (Å²) >= 11 is 0. The fourth-order valence-corrected chi connectivity index (χ4v) is 2.01. The third kappa shape index (κ3) is 1.15. The lowest BCUT2D eigenvalue weighted by atomic mass is 10.1. The number of carbonyl (C=O) groups is 1. The Labute approximate surface area is 77.3 Å². The highest BCUT2D eigenvalue weighted by Crippen LogP contribution is 2.24. The second kappa shape index (κ2) is 2.91. The van der Waals surface area contributed by atoms with Gasteiger partial charge in [0.05, 0.1) is 12.7 Å². The summed E-state index contributed by atoms with van der Waals surface area (Å²) in [5.74, 6) is -0.201. The Morgan fingerprint density at radius 1 is 1.62 bits per heavy atom. The molecule has 3 nitrogen and oxygen atoms in total. The van der Waals surface area contributed by atoms with Crippen LogP contribution in [0.15, 0.2) is 6.20 Å². The lowest BCUT2D eigenvalue weighted by molar-refractivity contribution is 0.0599. The van der Waals surface area contributed by atoms with Gasteiger partial charge in [0, 0.05) is 18.4 Å². The zero-order valence-electron chi connectivity index (χ0n) is 7.96. The first-order chi connectivity index (χ1) is 6.24. The summed E-state index contributed by atoms with van der Waals surface area (Å²) in [5.41, 5.74) is 2.95. The van der Waals surface area contributed by atoms with Crippen LogP contribution in [0.5, 0.6) is 0 Å². The van der Waals surface area contributed by atoms with Crippen LogP contribution in [0.2, 0.25) is 0 Å². The SMILES string of the molecule is COC(=O)c1c(C)cn2c1CCC2. The third-order valence-corrected chi connectivity index (χ3v) is 2.58. The van der Waals surface area contributed by atoms with Crippen molar-refractivity contribution < 1.29 is 9.53 Å². The first-order valence-corrected chi connectivity index (χ1v) is 4.51. The number of aromatic nitrogens is 1. The van der Waals surface area contributed by atoms with Gasteiger partial charge in [-0.25, -0.2) is 4.79 Å². The number of aryl methyl sites for hydroxylation is 2. The van der Waals surface area contributed by atoms with E-state index < -0.39 is 0 Å². The molecule has 0 saturated heterocycles. The van der Waals surface area contributed by atoms with Gasteiger partial charge in [0.1, 0.15) is 0 Å². The molecular formula is C10H13NO2. The van der Waals surface area contributed by atoms with Crippen LogP contribution in [0.4, 0.5) is 0 Å². The highest BCUT2D eigenvalue weighted by Gasteiger charge is 2.22. The fraction of sp³-hybridized carbons (Fsp3) is 0.500. The van der Waals surface area contributed by atoms with Crippen molar-refractivity contribution in [3.05, 3.63) is 23.0 Å². The number of fused-ring (bicyclic) bond motifs is 1. The van der Waals surface area contributed by atoms with Crippen LogP contribution in [0.25, 0.3) is 0 Å². The molecule has 0 amide bonds. The minimum Gasteiger partial charge on any atom is -0.465 e. The lowest BCUT2D eigenvalue weighted by Gasteiger charge is -2.00. The Morgan fingerprint density at radius 3 is 3.08 bits per heavy atom. The van der Waals surface area contributed by atoms with Crippen molar-refractivity contribution in [2.24, 2.45) is 0 Å². The fourth-order valence-electron chi connectivity index (χ4n) is 2.01. The van der Waals surface area contributed by atoms with Crippen molar-refractivity contribution in [1.29, 1.82) is 0 Å². The average molecular weight is 179 g/mol. The maximum Gasteiger partial charge on any atom is 0.339 e. The van der Waals surface area contributed by atoms with Gasteiger partial charge in [-0.3, -0.25) is 0 Å². The van der Waals surface area contributed by atoms with E-state index in [1.807, 2.05) is 13.1 Å². The van der Waals surface area contributed by atoms with Crippen LogP contribution in [0.3, 0.4) is 0 Å². The molecule has 1 aliphatic heterocycles. The van der Waals surface area contributed by atoms with E-state index in [9.17, 15) is 4.79 Å². The van der Waals surface area contributed by atoms with E-state index >= 15 is 0 Å². The number of esters is 1. The molecule has 0 radical (unpaired) electrons. The molecule has 0 bridgehead atoms. The van der Waals surface area contributed by atoms with Crippen LogP contribution in [-0.4, -0.2) is 17.6 Å². The molecule has 1 aromatic rings. The van der Waals surface area contributed by atoms with Gasteiger partial charge in [0.25, 0.3) is 0 Å². The molecule has 0 saturated carbocycles. The Bertz CT molecular complexity index is 352. The van der Waals surface area contributed by atoms with E-state index in [4.69, 9.17) is 4.74 Å². The number of carbonyl (C=O) groups excluding carboxylic acids is 1. The minimum atomic E-state index is -0.201. The summed E-state index contributed by atoms with van der Waals surface area (Å²) < 4.78 is 6.90. The van der Waals surface area contributed by atoms with Gasteiger partial charge in [-0.05, 0) is 25.3 Å². The number of nitrogens with zero attached hydrogens (tertiary/aromatic N) is 1. The average Bonchev–Trinajstić information content (AvgIpc) is 2.62. The molecule has 0 unspecified atom stereocenters. The van der Waals surface area contributed by atoms with Crippen LogP contribution < -0.4 is 0 Å². The van der Waals surface area contributed by atoms with Gasteiger partial charge in [0.2, 0.25) is 0 Å². The first-order valence-electron chi connectivity index (χ1n) is 4.51. The maximum absolute atomic E-state index is 11.4. The summed E-state index contributed by atoms with van der Waals surface area (Å²) in [6.07, 6.45) is 4.17. The van der Waals surface area contributed by atoms with E-state index in [-0.39, 0.29) is 5.97 Å². The quantitative estimate of drug-likeness (QED) is 0.612. The van der Waals surface area contributed by atoms with Crippen molar-refractivity contribution in [2.75, 3.05) is 7.11 Å². The predicted molar refractivity (Wildman–Crippen MR) is 48.8 cm³/mol. The smallest absolute Gasteiger partial charge is 0.339 e. The highest BCUT2D eigenvalue weighted by atomic mass is 16.5. The summed E-state index contributed by atoms with van der Waals surface area (Å²) in [5, 5.41) is 0. The van der Waals surface area contributed by atoms with Crippen LogP contribution in [-0.2, 0) is 17.7 Å².